The zero-order valence-electron chi connectivity index (χ0n) is 15.2. The van der Waals surface area contributed by atoms with Crippen molar-refractivity contribution in [3.63, 3.8) is 0 Å². The monoisotopic (exact) mass is 315 g/mol. The molecule has 0 saturated carbocycles. The van der Waals surface area contributed by atoms with Gasteiger partial charge in [0, 0.05) is 6.92 Å². The lowest BCUT2D eigenvalue weighted by Gasteiger charge is -2.26. The lowest BCUT2D eigenvalue weighted by molar-refractivity contribution is -0.151. The summed E-state index contributed by atoms with van der Waals surface area (Å²) in [5.74, 6) is 0.445. The van der Waals surface area contributed by atoms with Crippen molar-refractivity contribution in [1.82, 2.24) is 5.32 Å². The van der Waals surface area contributed by atoms with Crippen LogP contribution in [0.2, 0.25) is 0 Å². The first-order valence-corrected chi connectivity index (χ1v) is 8.16. The zero-order valence-corrected chi connectivity index (χ0v) is 15.2. The second-order valence-corrected chi connectivity index (χ2v) is 7.31. The fourth-order valence-corrected chi connectivity index (χ4v) is 2.34. The highest BCUT2D eigenvalue weighted by atomic mass is 16.6. The molecule has 0 aromatic rings. The number of hydrogen-bond acceptors (Lipinski definition) is 4. The Labute approximate surface area is 135 Å². The summed E-state index contributed by atoms with van der Waals surface area (Å²) in [7, 11) is 0. The molecule has 1 rings (SSSR count). The molecule has 1 aliphatic heterocycles. The van der Waals surface area contributed by atoms with Crippen LogP contribution in [0.15, 0.2) is 0 Å². The Kier molecular flexibility index (Phi) is 8.49. The number of amides is 1. The summed E-state index contributed by atoms with van der Waals surface area (Å²) in [5.41, 5.74) is -0.540. The second-order valence-electron chi connectivity index (χ2n) is 7.31. The molecule has 5 heteroatoms. The highest BCUT2D eigenvalue weighted by molar-refractivity contribution is 5.70. The van der Waals surface area contributed by atoms with Crippen molar-refractivity contribution in [2.45, 2.75) is 85.4 Å². The first kappa shape index (κ1) is 20.7. The van der Waals surface area contributed by atoms with Gasteiger partial charge in [-0.2, -0.15) is 0 Å². The Morgan fingerprint density at radius 1 is 1.36 bits per heavy atom. The summed E-state index contributed by atoms with van der Waals surface area (Å²) in [5, 5.41) is 2.76. The van der Waals surface area contributed by atoms with Gasteiger partial charge in [0.2, 0.25) is 0 Å². The van der Waals surface area contributed by atoms with E-state index in [-0.39, 0.29) is 23.3 Å². The quantitative estimate of drug-likeness (QED) is 0.777. The summed E-state index contributed by atoms with van der Waals surface area (Å²) in [4.78, 5) is 21.3. The van der Waals surface area contributed by atoms with Gasteiger partial charge in [-0.15, -0.1) is 0 Å². The zero-order chi connectivity index (χ0) is 17.4. The molecule has 0 aromatic heterocycles. The molecule has 1 N–H and O–H groups in total. The molecule has 1 unspecified atom stereocenters. The first-order chi connectivity index (χ1) is 9.99. The molecular weight excluding hydrogens is 282 g/mol. The largest absolute Gasteiger partial charge is 0.460 e. The maximum atomic E-state index is 11.0. The third-order valence-corrected chi connectivity index (χ3v) is 3.20. The van der Waals surface area contributed by atoms with Crippen LogP contribution in [0.5, 0.6) is 0 Å². The summed E-state index contributed by atoms with van der Waals surface area (Å²) >= 11 is 0. The number of hydrogen-bond donors (Lipinski definition) is 1. The van der Waals surface area contributed by atoms with E-state index >= 15 is 0 Å². The van der Waals surface area contributed by atoms with E-state index in [0.717, 1.165) is 25.7 Å². The van der Waals surface area contributed by atoms with E-state index in [4.69, 9.17) is 9.47 Å². The smallest absolute Gasteiger partial charge is 0.407 e. The van der Waals surface area contributed by atoms with E-state index in [0.29, 0.717) is 12.5 Å². The molecule has 130 valence electrons. The highest BCUT2D eigenvalue weighted by Crippen LogP contribution is 2.29. The summed E-state index contributed by atoms with van der Waals surface area (Å²) in [6.07, 6.45) is 3.89. The molecule has 0 aliphatic carbocycles. The Balaban J connectivity index is 0.000000472. The Bertz CT molecular complexity index is 360. The van der Waals surface area contributed by atoms with E-state index in [1.54, 1.807) is 0 Å². The van der Waals surface area contributed by atoms with Crippen LogP contribution in [0.3, 0.4) is 0 Å². The molecule has 0 radical (unpaired) electrons. The van der Waals surface area contributed by atoms with Gasteiger partial charge in [0.1, 0.15) is 11.2 Å². The van der Waals surface area contributed by atoms with Crippen molar-refractivity contribution < 1.29 is 19.1 Å². The second kappa shape index (κ2) is 9.01. The van der Waals surface area contributed by atoms with Gasteiger partial charge in [0.15, 0.2) is 0 Å². The Morgan fingerprint density at radius 3 is 2.23 bits per heavy atom. The van der Waals surface area contributed by atoms with E-state index in [9.17, 15) is 9.59 Å². The molecular formula is C17H33NO4. The minimum absolute atomic E-state index is 0.212. The fraction of sp³-hybridized carbons (Fsp3) is 0.882. The average molecular weight is 315 g/mol. The normalized spacial score (nSPS) is 20.8. The summed E-state index contributed by atoms with van der Waals surface area (Å²) < 4.78 is 10.2. The van der Waals surface area contributed by atoms with Crippen molar-refractivity contribution in [2.24, 2.45) is 5.92 Å². The molecule has 1 amide bonds. The molecule has 22 heavy (non-hydrogen) atoms. The lowest BCUT2D eigenvalue weighted by Crippen LogP contribution is -2.33. The molecule has 1 aliphatic rings. The maximum absolute atomic E-state index is 11.0. The molecule has 1 fully saturated rings. The third kappa shape index (κ3) is 9.64. The molecule has 1 atom stereocenters. The molecule has 0 spiro atoms. The van der Waals surface area contributed by atoms with Crippen LogP contribution in [-0.4, -0.2) is 29.8 Å². The van der Waals surface area contributed by atoms with Crippen LogP contribution < -0.4 is 5.32 Å². The first-order valence-electron chi connectivity index (χ1n) is 8.16. The van der Waals surface area contributed by atoms with Crippen LogP contribution in [0.4, 0.5) is 4.79 Å². The van der Waals surface area contributed by atoms with Gasteiger partial charge in [-0.05, 0) is 46.0 Å². The van der Waals surface area contributed by atoms with E-state index < -0.39 is 0 Å². The number of rotatable bonds is 5. The minimum Gasteiger partial charge on any atom is -0.460 e. The summed E-state index contributed by atoms with van der Waals surface area (Å²) in [6.45, 7) is 14.1. The number of nitrogens with one attached hydrogen (secondary N) is 1. The topological polar surface area (TPSA) is 64.6 Å². The molecule has 1 saturated heterocycles. The van der Waals surface area contributed by atoms with Crippen molar-refractivity contribution in [3.8, 4) is 0 Å². The van der Waals surface area contributed by atoms with Gasteiger partial charge in [-0.25, -0.2) is 4.79 Å². The SMILES string of the molecule is CC(=O)OC(C)(C)C.CCCC1(CCC(C)C)CNC(=O)O1. The van der Waals surface area contributed by atoms with Gasteiger partial charge in [-0.1, -0.05) is 27.2 Å². The number of carbonyl (C=O) groups excluding carboxylic acids is 2. The van der Waals surface area contributed by atoms with E-state index in [2.05, 4.69) is 26.1 Å². The van der Waals surface area contributed by atoms with Crippen molar-refractivity contribution in [3.05, 3.63) is 0 Å². The van der Waals surface area contributed by atoms with Gasteiger partial charge >= 0.3 is 12.1 Å². The van der Waals surface area contributed by atoms with Crippen LogP contribution >= 0.6 is 0 Å². The van der Waals surface area contributed by atoms with Crippen molar-refractivity contribution in [2.75, 3.05) is 6.54 Å². The number of ether oxygens (including phenoxy) is 2. The molecule has 0 bridgehead atoms. The van der Waals surface area contributed by atoms with Crippen LogP contribution in [0.25, 0.3) is 0 Å². The number of esters is 1. The van der Waals surface area contributed by atoms with Crippen LogP contribution in [0, 0.1) is 5.92 Å². The van der Waals surface area contributed by atoms with Crippen LogP contribution in [0.1, 0.15) is 74.1 Å². The lowest BCUT2D eigenvalue weighted by atomic mass is 9.90. The minimum atomic E-state index is -0.328. The molecule has 0 aromatic carbocycles. The third-order valence-electron chi connectivity index (χ3n) is 3.20. The summed E-state index contributed by atoms with van der Waals surface area (Å²) in [6, 6.07) is 0. The van der Waals surface area contributed by atoms with E-state index in [1.165, 1.54) is 6.92 Å². The van der Waals surface area contributed by atoms with E-state index in [1.807, 2.05) is 20.8 Å². The average Bonchev–Trinajstić information content (AvgIpc) is 2.67. The van der Waals surface area contributed by atoms with Gasteiger partial charge in [-0.3, -0.25) is 4.79 Å². The molecule has 1 heterocycles. The van der Waals surface area contributed by atoms with Gasteiger partial charge in [0.05, 0.1) is 6.54 Å². The number of carbonyl (C=O) groups is 2. The van der Waals surface area contributed by atoms with Crippen molar-refractivity contribution >= 4 is 12.1 Å². The highest BCUT2D eigenvalue weighted by Gasteiger charge is 2.38. The van der Waals surface area contributed by atoms with Gasteiger partial charge in [0.25, 0.3) is 0 Å². The number of alkyl carbamates (subject to hydrolysis) is 1. The van der Waals surface area contributed by atoms with Crippen LogP contribution in [-0.2, 0) is 14.3 Å². The standard InChI is InChI=1S/C11H21NO2.C6H12O2/c1-4-6-11(7-5-9(2)3)8-12-10(13)14-11;1-5(7)8-6(2,3)4/h9H,4-8H2,1-3H3,(H,12,13);1-4H3. The van der Waals surface area contributed by atoms with Gasteiger partial charge < -0.3 is 14.8 Å². The molecule has 5 nitrogen and oxygen atoms in total. The predicted octanol–water partition coefficient (Wildman–Crippen LogP) is 4.05. The number of cyclic esters (lactones) is 1. The Morgan fingerprint density at radius 2 is 1.95 bits per heavy atom. The Hall–Kier alpha value is -1.26. The van der Waals surface area contributed by atoms with Crippen molar-refractivity contribution in [1.29, 1.82) is 0 Å². The maximum Gasteiger partial charge on any atom is 0.407 e. The predicted molar refractivity (Wildman–Crippen MR) is 87.7 cm³/mol. The fourth-order valence-electron chi connectivity index (χ4n) is 2.34.